The van der Waals surface area contributed by atoms with Gasteiger partial charge in [-0.3, -0.25) is 4.79 Å². The van der Waals surface area contributed by atoms with E-state index in [4.69, 9.17) is 5.73 Å². The molecule has 0 fully saturated rings. The molecule has 0 spiro atoms. The highest BCUT2D eigenvalue weighted by atomic mass is 127. The van der Waals surface area contributed by atoms with Crippen LogP contribution in [0.3, 0.4) is 0 Å². The zero-order chi connectivity index (χ0) is 13.1. The molecular weight excluding hydrogens is 346 g/mol. The summed E-state index contributed by atoms with van der Waals surface area (Å²) in [6.45, 7) is 0. The molecule has 0 radical (unpaired) electrons. The van der Waals surface area contributed by atoms with E-state index in [2.05, 4.69) is 27.9 Å². The van der Waals surface area contributed by atoms with Crippen molar-refractivity contribution in [2.45, 2.75) is 0 Å². The molecule has 18 heavy (non-hydrogen) atoms. The van der Waals surface area contributed by atoms with Crippen LogP contribution in [0, 0.1) is 9.39 Å². The Morgan fingerprint density at radius 1 is 1.17 bits per heavy atom. The molecular formula is C13H10FIN2O. The van der Waals surface area contributed by atoms with Gasteiger partial charge in [0.25, 0.3) is 5.91 Å². The third kappa shape index (κ3) is 2.98. The first-order chi connectivity index (χ1) is 8.56. The molecule has 0 aliphatic carbocycles. The first-order valence-electron chi connectivity index (χ1n) is 5.18. The molecule has 2 aromatic rings. The van der Waals surface area contributed by atoms with Gasteiger partial charge in [0.15, 0.2) is 0 Å². The van der Waals surface area contributed by atoms with Gasteiger partial charge in [0.05, 0.1) is 11.4 Å². The second kappa shape index (κ2) is 5.34. The highest BCUT2D eigenvalue weighted by Crippen LogP contribution is 2.20. The lowest BCUT2D eigenvalue weighted by Gasteiger charge is -2.08. The average molecular weight is 356 g/mol. The number of nitrogens with one attached hydrogen (secondary N) is 1. The minimum Gasteiger partial charge on any atom is -0.397 e. The summed E-state index contributed by atoms with van der Waals surface area (Å²) in [4.78, 5) is 11.9. The van der Waals surface area contributed by atoms with E-state index >= 15 is 0 Å². The molecule has 1 amide bonds. The number of anilines is 2. The lowest BCUT2D eigenvalue weighted by atomic mass is 10.2. The van der Waals surface area contributed by atoms with Gasteiger partial charge < -0.3 is 11.1 Å². The van der Waals surface area contributed by atoms with Crippen LogP contribution in [-0.2, 0) is 0 Å². The Labute approximate surface area is 117 Å². The summed E-state index contributed by atoms with van der Waals surface area (Å²) in [7, 11) is 0. The topological polar surface area (TPSA) is 55.1 Å². The number of hydrogen-bond acceptors (Lipinski definition) is 2. The number of amides is 1. The second-order valence-corrected chi connectivity index (χ2v) is 4.94. The summed E-state index contributed by atoms with van der Waals surface area (Å²) in [6.07, 6.45) is 0. The summed E-state index contributed by atoms with van der Waals surface area (Å²) in [5, 5.41) is 2.64. The van der Waals surface area contributed by atoms with E-state index in [9.17, 15) is 9.18 Å². The maximum Gasteiger partial charge on any atom is 0.255 e. The van der Waals surface area contributed by atoms with Gasteiger partial charge >= 0.3 is 0 Å². The number of hydrogen-bond donors (Lipinski definition) is 2. The number of nitrogen functional groups attached to an aromatic ring is 1. The van der Waals surface area contributed by atoms with Crippen LogP contribution in [0.1, 0.15) is 10.4 Å². The minimum absolute atomic E-state index is 0.203. The molecule has 0 unspecified atom stereocenters. The summed E-state index contributed by atoms with van der Waals surface area (Å²) < 4.78 is 13.9. The van der Waals surface area contributed by atoms with E-state index in [1.54, 1.807) is 12.1 Å². The first kappa shape index (κ1) is 12.8. The predicted molar refractivity (Wildman–Crippen MR) is 77.9 cm³/mol. The summed E-state index contributed by atoms with van der Waals surface area (Å²) >= 11 is 2.16. The molecule has 0 saturated heterocycles. The molecule has 0 aromatic heterocycles. The molecule has 0 aliphatic heterocycles. The molecule has 0 bridgehead atoms. The average Bonchev–Trinajstić information content (AvgIpc) is 2.33. The van der Waals surface area contributed by atoms with E-state index < -0.39 is 5.82 Å². The van der Waals surface area contributed by atoms with Crippen LogP contribution in [0.15, 0.2) is 42.5 Å². The fourth-order valence-electron chi connectivity index (χ4n) is 1.44. The van der Waals surface area contributed by atoms with Crippen molar-refractivity contribution in [3.05, 3.63) is 57.4 Å². The van der Waals surface area contributed by atoms with Crippen molar-refractivity contribution >= 4 is 39.9 Å². The molecule has 3 nitrogen and oxygen atoms in total. The Morgan fingerprint density at radius 3 is 2.44 bits per heavy atom. The Kier molecular flexibility index (Phi) is 3.81. The van der Waals surface area contributed by atoms with Crippen LogP contribution < -0.4 is 11.1 Å². The van der Waals surface area contributed by atoms with Crippen molar-refractivity contribution in [2.75, 3.05) is 11.1 Å². The van der Waals surface area contributed by atoms with Crippen molar-refractivity contribution in [2.24, 2.45) is 0 Å². The maximum absolute atomic E-state index is 12.9. The fourth-order valence-corrected chi connectivity index (χ4v) is 1.80. The van der Waals surface area contributed by atoms with Gasteiger partial charge in [-0.05, 0) is 65.1 Å². The monoisotopic (exact) mass is 356 g/mol. The van der Waals surface area contributed by atoms with Gasteiger partial charge in [-0.1, -0.05) is 0 Å². The Balaban J connectivity index is 2.18. The Hall–Kier alpha value is -1.63. The standard InChI is InChI=1S/C13H10FIN2O/c14-9-3-6-12(11(16)7-9)17-13(18)8-1-4-10(15)5-2-8/h1-7H,16H2,(H,17,18). The van der Waals surface area contributed by atoms with E-state index in [0.29, 0.717) is 11.3 Å². The smallest absolute Gasteiger partial charge is 0.255 e. The fraction of sp³-hybridized carbons (Fsp3) is 0. The van der Waals surface area contributed by atoms with Crippen LogP contribution in [0.5, 0.6) is 0 Å². The van der Waals surface area contributed by atoms with E-state index in [-0.39, 0.29) is 11.6 Å². The van der Waals surface area contributed by atoms with Gasteiger partial charge in [0.2, 0.25) is 0 Å². The maximum atomic E-state index is 12.9. The van der Waals surface area contributed by atoms with Crippen molar-refractivity contribution in [1.29, 1.82) is 0 Å². The zero-order valence-electron chi connectivity index (χ0n) is 9.28. The van der Waals surface area contributed by atoms with E-state index in [1.165, 1.54) is 18.2 Å². The van der Waals surface area contributed by atoms with Crippen molar-refractivity contribution < 1.29 is 9.18 Å². The van der Waals surface area contributed by atoms with Crippen LogP contribution >= 0.6 is 22.6 Å². The molecule has 0 saturated carbocycles. The third-order valence-electron chi connectivity index (χ3n) is 2.37. The number of carbonyl (C=O) groups excluding carboxylic acids is 1. The normalized spacial score (nSPS) is 10.1. The SMILES string of the molecule is Nc1cc(F)ccc1NC(=O)c1ccc(I)cc1. The number of rotatable bonds is 2. The van der Waals surface area contributed by atoms with Crippen LogP contribution in [0.4, 0.5) is 15.8 Å². The van der Waals surface area contributed by atoms with Gasteiger partial charge in [-0.15, -0.1) is 0 Å². The number of benzene rings is 2. The zero-order valence-corrected chi connectivity index (χ0v) is 11.4. The molecule has 2 aromatic carbocycles. The quantitative estimate of drug-likeness (QED) is 0.641. The van der Waals surface area contributed by atoms with Crippen molar-refractivity contribution in [1.82, 2.24) is 0 Å². The Bertz CT molecular complexity index is 584. The van der Waals surface area contributed by atoms with Gasteiger partial charge in [0.1, 0.15) is 5.82 Å². The molecule has 0 aliphatic rings. The Morgan fingerprint density at radius 2 is 1.83 bits per heavy atom. The number of carbonyl (C=O) groups is 1. The molecule has 3 N–H and O–H groups in total. The van der Waals surface area contributed by atoms with Gasteiger partial charge in [-0.25, -0.2) is 4.39 Å². The first-order valence-corrected chi connectivity index (χ1v) is 6.26. The summed E-state index contributed by atoms with van der Waals surface area (Å²) in [5.41, 5.74) is 6.75. The summed E-state index contributed by atoms with van der Waals surface area (Å²) in [5.74, 6) is -0.704. The third-order valence-corrected chi connectivity index (χ3v) is 3.09. The van der Waals surface area contributed by atoms with Crippen LogP contribution in [0.25, 0.3) is 0 Å². The highest BCUT2D eigenvalue weighted by Gasteiger charge is 2.08. The second-order valence-electron chi connectivity index (χ2n) is 3.69. The molecule has 92 valence electrons. The largest absolute Gasteiger partial charge is 0.397 e. The van der Waals surface area contributed by atoms with Gasteiger partial charge in [-0.2, -0.15) is 0 Å². The number of nitrogens with two attached hydrogens (primary N) is 1. The lowest BCUT2D eigenvalue weighted by molar-refractivity contribution is 0.102. The molecule has 5 heteroatoms. The van der Waals surface area contributed by atoms with Gasteiger partial charge in [0, 0.05) is 9.13 Å². The predicted octanol–water partition coefficient (Wildman–Crippen LogP) is 3.26. The molecule has 0 atom stereocenters. The van der Waals surface area contributed by atoms with E-state index in [0.717, 1.165) is 3.57 Å². The number of halogens is 2. The van der Waals surface area contributed by atoms with Crippen LogP contribution in [-0.4, -0.2) is 5.91 Å². The van der Waals surface area contributed by atoms with Crippen molar-refractivity contribution in [3.63, 3.8) is 0 Å². The van der Waals surface area contributed by atoms with E-state index in [1.807, 2.05) is 12.1 Å². The van der Waals surface area contributed by atoms with Crippen LogP contribution in [0.2, 0.25) is 0 Å². The van der Waals surface area contributed by atoms with Crippen molar-refractivity contribution in [3.8, 4) is 0 Å². The highest BCUT2D eigenvalue weighted by molar-refractivity contribution is 14.1. The molecule has 0 heterocycles. The minimum atomic E-state index is -0.431. The molecule has 2 rings (SSSR count). The lowest BCUT2D eigenvalue weighted by Crippen LogP contribution is -2.13. The summed E-state index contributed by atoms with van der Waals surface area (Å²) in [6, 6.07) is 11.0.